The van der Waals surface area contributed by atoms with E-state index in [0.29, 0.717) is 11.8 Å². The van der Waals surface area contributed by atoms with Crippen LogP contribution in [0.15, 0.2) is 54.7 Å². The second-order valence-corrected chi connectivity index (χ2v) is 9.56. The number of hydrogen-bond donors (Lipinski definition) is 1. The second-order valence-electron chi connectivity index (χ2n) is 9.56. The van der Waals surface area contributed by atoms with Gasteiger partial charge in [-0.3, -0.25) is 14.8 Å². The number of halogens is 4. The van der Waals surface area contributed by atoms with Crippen molar-refractivity contribution in [2.45, 2.75) is 38.6 Å². The fraction of sp³-hybridized carbons (Fsp3) is 0.464. The van der Waals surface area contributed by atoms with Crippen LogP contribution in [-0.2, 0) is 12.8 Å². The van der Waals surface area contributed by atoms with Gasteiger partial charge in [-0.1, -0.05) is 31.2 Å². The molecule has 1 aliphatic heterocycles. The van der Waals surface area contributed by atoms with E-state index in [1.807, 2.05) is 18.3 Å². The van der Waals surface area contributed by atoms with E-state index >= 15 is 0 Å². The van der Waals surface area contributed by atoms with Crippen LogP contribution in [0.25, 0.3) is 10.9 Å². The van der Waals surface area contributed by atoms with Crippen LogP contribution < -0.4 is 4.90 Å². The Morgan fingerprint density at radius 3 is 2.43 bits per heavy atom. The average Bonchev–Trinajstić information content (AvgIpc) is 2.86. The van der Waals surface area contributed by atoms with Crippen LogP contribution in [-0.4, -0.2) is 71.7 Å². The summed E-state index contributed by atoms with van der Waals surface area (Å²) in [5.74, 6) is 0.399. The number of anilines is 1. The first-order valence-corrected chi connectivity index (χ1v) is 12.6. The molecule has 1 atom stereocenters. The molecule has 2 heterocycles. The minimum atomic E-state index is 0. The van der Waals surface area contributed by atoms with Crippen molar-refractivity contribution in [2.75, 3.05) is 50.7 Å². The summed E-state index contributed by atoms with van der Waals surface area (Å²) in [5, 5.41) is 11.2. The largest absolute Gasteiger partial charge is 0.508 e. The predicted octanol–water partition coefficient (Wildman–Crippen LogP) is 6.02. The Hall–Kier alpha value is -1.47. The van der Waals surface area contributed by atoms with Crippen molar-refractivity contribution < 1.29 is 5.11 Å². The van der Waals surface area contributed by atoms with E-state index < -0.39 is 0 Å². The number of aromatic hydroxyl groups is 1. The number of rotatable bonds is 7. The van der Waals surface area contributed by atoms with Crippen LogP contribution in [0.5, 0.6) is 5.75 Å². The number of phenols is 1. The van der Waals surface area contributed by atoms with E-state index in [4.69, 9.17) is 0 Å². The van der Waals surface area contributed by atoms with E-state index in [1.54, 1.807) is 0 Å². The standard InChI is InChI=1S/C28H36N4O.4ClH/c1-2-13-31(24-9-7-22-8-10-25(33)21-23(22)20-24)17-14-30-15-18-32(19-16-30)28-11-12-29-27-6-4-3-5-26(27)28;;;;/h3-6,8,10-12,21,24,33H,2,7,9,13-20H2,1H3;4*1H. The molecule has 9 heteroatoms. The third-order valence-electron chi connectivity index (χ3n) is 7.46. The summed E-state index contributed by atoms with van der Waals surface area (Å²) < 4.78 is 0. The van der Waals surface area contributed by atoms with Gasteiger partial charge < -0.3 is 10.0 Å². The van der Waals surface area contributed by atoms with Gasteiger partial charge >= 0.3 is 0 Å². The molecule has 1 fully saturated rings. The van der Waals surface area contributed by atoms with Crippen molar-refractivity contribution in [3.05, 3.63) is 65.9 Å². The highest BCUT2D eigenvalue weighted by atomic mass is 35.5. The molecule has 0 saturated carbocycles. The fourth-order valence-corrected chi connectivity index (χ4v) is 5.64. The Morgan fingerprint density at radius 2 is 1.68 bits per heavy atom. The third kappa shape index (κ3) is 8.01. The molecule has 5 nitrogen and oxygen atoms in total. The van der Waals surface area contributed by atoms with Crippen LogP contribution in [0.2, 0.25) is 0 Å². The Morgan fingerprint density at radius 1 is 0.919 bits per heavy atom. The summed E-state index contributed by atoms with van der Waals surface area (Å²) in [6.45, 7) is 10.1. The molecule has 5 rings (SSSR count). The zero-order valence-corrected chi connectivity index (χ0v) is 24.7. The first-order chi connectivity index (χ1) is 16.2. The highest BCUT2D eigenvalue weighted by Crippen LogP contribution is 2.28. The number of aromatic nitrogens is 1. The molecule has 0 radical (unpaired) electrons. The quantitative estimate of drug-likeness (QED) is 0.365. The molecule has 206 valence electrons. The van der Waals surface area contributed by atoms with Gasteiger partial charge in [-0.25, -0.2) is 0 Å². The second kappa shape index (κ2) is 15.8. The molecular weight excluding hydrogens is 550 g/mol. The molecule has 2 aliphatic rings. The van der Waals surface area contributed by atoms with Crippen molar-refractivity contribution in [2.24, 2.45) is 0 Å². The van der Waals surface area contributed by atoms with Gasteiger partial charge in [0.1, 0.15) is 5.75 Å². The molecule has 1 saturated heterocycles. The maximum absolute atomic E-state index is 9.92. The van der Waals surface area contributed by atoms with Crippen molar-refractivity contribution in [3.8, 4) is 5.75 Å². The summed E-state index contributed by atoms with van der Waals surface area (Å²) in [6.07, 6.45) is 6.54. The topological polar surface area (TPSA) is 42.8 Å². The molecule has 0 bridgehead atoms. The van der Waals surface area contributed by atoms with Crippen molar-refractivity contribution in [3.63, 3.8) is 0 Å². The zero-order valence-electron chi connectivity index (χ0n) is 21.4. The lowest BCUT2D eigenvalue weighted by molar-refractivity contribution is 0.145. The Labute approximate surface area is 246 Å². The smallest absolute Gasteiger partial charge is 0.115 e. The lowest BCUT2D eigenvalue weighted by Crippen LogP contribution is -2.50. The molecule has 2 aromatic carbocycles. The summed E-state index contributed by atoms with van der Waals surface area (Å²) in [4.78, 5) is 12.4. The average molecular weight is 590 g/mol. The van der Waals surface area contributed by atoms with Gasteiger partial charge in [-0.05, 0) is 67.6 Å². The Bertz CT molecular complexity index is 1090. The number of aryl methyl sites for hydroxylation is 1. The molecule has 0 amide bonds. The molecule has 1 aromatic heterocycles. The molecule has 3 aromatic rings. The van der Waals surface area contributed by atoms with Crippen LogP contribution in [0.4, 0.5) is 5.69 Å². The van der Waals surface area contributed by atoms with Gasteiger partial charge in [-0.2, -0.15) is 0 Å². The Kier molecular flexibility index (Phi) is 14.4. The third-order valence-corrected chi connectivity index (χ3v) is 7.46. The summed E-state index contributed by atoms with van der Waals surface area (Å²) >= 11 is 0. The van der Waals surface area contributed by atoms with Gasteiger partial charge in [0.25, 0.3) is 0 Å². The van der Waals surface area contributed by atoms with Gasteiger partial charge in [0.2, 0.25) is 0 Å². The molecular formula is C28H40Cl4N4O. The highest BCUT2D eigenvalue weighted by Gasteiger charge is 2.25. The van der Waals surface area contributed by atoms with Crippen LogP contribution in [0, 0.1) is 0 Å². The summed E-state index contributed by atoms with van der Waals surface area (Å²) in [6, 6.07) is 17.1. The van der Waals surface area contributed by atoms with Crippen molar-refractivity contribution in [1.29, 1.82) is 0 Å². The van der Waals surface area contributed by atoms with Crippen molar-refractivity contribution in [1.82, 2.24) is 14.8 Å². The van der Waals surface area contributed by atoms with E-state index in [9.17, 15) is 5.11 Å². The number of fused-ring (bicyclic) bond motifs is 2. The minimum Gasteiger partial charge on any atom is -0.508 e. The van der Waals surface area contributed by atoms with Gasteiger partial charge in [0.15, 0.2) is 0 Å². The number of piperazine rings is 1. The zero-order chi connectivity index (χ0) is 22.6. The first kappa shape index (κ1) is 33.6. The first-order valence-electron chi connectivity index (χ1n) is 12.6. The Balaban J connectivity index is 0.00000171. The van der Waals surface area contributed by atoms with E-state index in [2.05, 4.69) is 63.0 Å². The number of phenolic OH excluding ortho intramolecular Hbond substituents is 1. The molecule has 37 heavy (non-hydrogen) atoms. The number of nitrogens with zero attached hydrogens (tertiary/aromatic N) is 4. The monoisotopic (exact) mass is 588 g/mol. The SMILES string of the molecule is CCCN(CCN1CCN(c2ccnc3ccccc23)CC1)C1CCc2ccc(O)cc2C1.Cl.Cl.Cl.Cl. The lowest BCUT2D eigenvalue weighted by atomic mass is 9.87. The van der Waals surface area contributed by atoms with Crippen LogP contribution in [0.1, 0.15) is 30.9 Å². The number of pyridine rings is 1. The van der Waals surface area contributed by atoms with Gasteiger partial charge in [0.05, 0.1) is 5.52 Å². The lowest BCUT2D eigenvalue weighted by Gasteiger charge is -2.39. The minimum absolute atomic E-state index is 0. The van der Waals surface area contributed by atoms with E-state index in [1.165, 1.54) is 35.0 Å². The van der Waals surface area contributed by atoms with Gasteiger partial charge in [-0.15, -0.1) is 49.6 Å². The molecule has 1 unspecified atom stereocenters. The predicted molar refractivity (Wildman–Crippen MR) is 165 cm³/mol. The maximum Gasteiger partial charge on any atom is 0.115 e. The number of hydrogen-bond acceptors (Lipinski definition) is 5. The molecule has 0 spiro atoms. The molecule has 1 aliphatic carbocycles. The summed E-state index contributed by atoms with van der Waals surface area (Å²) in [7, 11) is 0. The van der Waals surface area contributed by atoms with E-state index in [0.717, 1.165) is 64.2 Å². The fourth-order valence-electron chi connectivity index (χ4n) is 5.64. The molecule has 1 N–H and O–H groups in total. The van der Waals surface area contributed by atoms with Gasteiger partial charge in [0, 0.05) is 62.6 Å². The van der Waals surface area contributed by atoms with Crippen molar-refractivity contribution >= 4 is 66.2 Å². The van der Waals surface area contributed by atoms with Crippen LogP contribution in [0.3, 0.4) is 0 Å². The number of benzene rings is 2. The maximum atomic E-state index is 9.92. The van der Waals surface area contributed by atoms with Crippen LogP contribution >= 0.6 is 49.6 Å². The summed E-state index contributed by atoms with van der Waals surface area (Å²) in [5.41, 5.74) is 5.15. The number of para-hydroxylation sites is 1. The highest BCUT2D eigenvalue weighted by molar-refractivity contribution is 5.91. The normalized spacial score (nSPS) is 17.1. The van der Waals surface area contributed by atoms with E-state index in [-0.39, 0.29) is 49.6 Å².